The van der Waals surface area contributed by atoms with Gasteiger partial charge in [0.2, 0.25) is 0 Å². The lowest BCUT2D eigenvalue weighted by molar-refractivity contribution is 0.584. The Kier molecular flexibility index (Phi) is 4.49. The summed E-state index contributed by atoms with van der Waals surface area (Å²) in [5, 5.41) is 0. The minimum atomic E-state index is 1.01. The van der Waals surface area contributed by atoms with Gasteiger partial charge in [-0.25, -0.2) is 4.98 Å². The van der Waals surface area contributed by atoms with Crippen LogP contribution in [0.25, 0.3) is 11.0 Å². The zero-order chi connectivity index (χ0) is 12.1. The fraction of sp³-hybridized carbons (Fsp3) is 0.500. The molecule has 3 heteroatoms. The van der Waals surface area contributed by atoms with Crippen LogP contribution >= 0.6 is 12.6 Å². The minimum Gasteiger partial charge on any atom is -0.328 e. The van der Waals surface area contributed by atoms with Crippen molar-refractivity contribution in [1.29, 1.82) is 0 Å². The van der Waals surface area contributed by atoms with Crippen LogP contribution in [0, 0.1) is 6.92 Å². The number of rotatable bonds is 6. The van der Waals surface area contributed by atoms with Crippen molar-refractivity contribution < 1.29 is 0 Å². The van der Waals surface area contributed by atoms with E-state index in [4.69, 9.17) is 0 Å². The van der Waals surface area contributed by atoms with Gasteiger partial charge in [-0.05, 0) is 37.7 Å². The first-order chi connectivity index (χ1) is 8.33. The van der Waals surface area contributed by atoms with E-state index < -0.39 is 0 Å². The predicted molar refractivity (Wildman–Crippen MR) is 76.8 cm³/mol. The van der Waals surface area contributed by atoms with E-state index in [0.29, 0.717) is 0 Å². The van der Waals surface area contributed by atoms with E-state index in [2.05, 4.69) is 47.3 Å². The highest BCUT2D eigenvalue weighted by atomic mass is 32.1. The monoisotopic (exact) mass is 248 g/mol. The van der Waals surface area contributed by atoms with Crippen molar-refractivity contribution in [2.45, 2.75) is 39.2 Å². The summed E-state index contributed by atoms with van der Waals surface area (Å²) in [6.07, 6.45) is 5.03. The molecular formula is C14H20N2S. The van der Waals surface area contributed by atoms with Gasteiger partial charge in [-0.2, -0.15) is 12.6 Å². The molecule has 0 fully saturated rings. The van der Waals surface area contributed by atoms with Crippen molar-refractivity contribution >= 4 is 23.7 Å². The summed E-state index contributed by atoms with van der Waals surface area (Å²) in [5.41, 5.74) is 2.37. The Morgan fingerprint density at radius 3 is 2.71 bits per heavy atom. The summed E-state index contributed by atoms with van der Waals surface area (Å²) in [7, 11) is 0. The minimum absolute atomic E-state index is 1.01. The lowest BCUT2D eigenvalue weighted by Crippen LogP contribution is -2.00. The molecule has 1 aromatic carbocycles. The van der Waals surface area contributed by atoms with Gasteiger partial charge >= 0.3 is 0 Å². The predicted octanol–water partition coefficient (Wildman–Crippen LogP) is 3.83. The number of aromatic nitrogens is 2. The number of nitrogens with zero attached hydrogens (tertiary/aromatic N) is 2. The maximum absolute atomic E-state index is 4.58. The van der Waals surface area contributed by atoms with Crippen LogP contribution in [0.4, 0.5) is 0 Å². The number of fused-ring (bicyclic) bond motifs is 1. The second-order valence-corrected chi connectivity index (χ2v) is 4.88. The fourth-order valence-corrected chi connectivity index (χ4v) is 2.44. The van der Waals surface area contributed by atoms with Crippen molar-refractivity contribution in [2.24, 2.45) is 0 Å². The first-order valence-corrected chi connectivity index (χ1v) is 6.99. The SMILES string of the molecule is Cc1nc2ccccc2n1CCCCCCS. The second-order valence-electron chi connectivity index (χ2n) is 4.44. The van der Waals surface area contributed by atoms with Crippen molar-refractivity contribution in [3.05, 3.63) is 30.1 Å². The molecule has 2 rings (SSSR count). The highest BCUT2D eigenvalue weighted by Crippen LogP contribution is 2.16. The van der Waals surface area contributed by atoms with Gasteiger partial charge in [0.1, 0.15) is 5.82 Å². The third-order valence-corrected chi connectivity index (χ3v) is 3.45. The molecule has 0 radical (unpaired) electrons. The number of aryl methyl sites for hydroxylation is 2. The van der Waals surface area contributed by atoms with Gasteiger partial charge in [-0.3, -0.25) is 0 Å². The molecule has 0 aliphatic carbocycles. The van der Waals surface area contributed by atoms with Crippen LogP contribution < -0.4 is 0 Å². The number of benzene rings is 1. The molecule has 17 heavy (non-hydrogen) atoms. The summed E-state index contributed by atoms with van der Waals surface area (Å²) in [6.45, 7) is 3.17. The van der Waals surface area contributed by atoms with Gasteiger partial charge < -0.3 is 4.57 Å². The summed E-state index contributed by atoms with van der Waals surface area (Å²) < 4.78 is 2.33. The summed E-state index contributed by atoms with van der Waals surface area (Å²) in [5.74, 6) is 2.13. The molecule has 0 unspecified atom stereocenters. The van der Waals surface area contributed by atoms with Crippen LogP contribution in [0.3, 0.4) is 0 Å². The van der Waals surface area contributed by atoms with E-state index in [1.54, 1.807) is 0 Å². The van der Waals surface area contributed by atoms with E-state index in [1.807, 2.05) is 6.07 Å². The molecule has 0 saturated carbocycles. The van der Waals surface area contributed by atoms with Crippen molar-refractivity contribution in [3.63, 3.8) is 0 Å². The van der Waals surface area contributed by atoms with Crippen LogP contribution in [0.15, 0.2) is 24.3 Å². The van der Waals surface area contributed by atoms with Crippen LogP contribution in [0.5, 0.6) is 0 Å². The average molecular weight is 248 g/mol. The topological polar surface area (TPSA) is 17.8 Å². The smallest absolute Gasteiger partial charge is 0.106 e. The molecule has 0 saturated heterocycles. The molecule has 0 aliphatic heterocycles. The van der Waals surface area contributed by atoms with Crippen LogP contribution in [0.1, 0.15) is 31.5 Å². The third-order valence-electron chi connectivity index (χ3n) is 3.14. The van der Waals surface area contributed by atoms with Crippen molar-refractivity contribution in [1.82, 2.24) is 9.55 Å². The largest absolute Gasteiger partial charge is 0.328 e. The van der Waals surface area contributed by atoms with Crippen LogP contribution in [0.2, 0.25) is 0 Å². The molecule has 0 bridgehead atoms. The zero-order valence-corrected chi connectivity index (χ0v) is 11.3. The van der Waals surface area contributed by atoms with Crippen molar-refractivity contribution in [3.8, 4) is 0 Å². The maximum atomic E-state index is 4.58. The molecule has 0 aliphatic rings. The van der Waals surface area contributed by atoms with Gasteiger partial charge in [0.15, 0.2) is 0 Å². The average Bonchev–Trinajstić information content (AvgIpc) is 2.65. The van der Waals surface area contributed by atoms with Gasteiger partial charge in [-0.15, -0.1) is 0 Å². The Morgan fingerprint density at radius 1 is 1.12 bits per heavy atom. The standard InChI is InChI=1S/C14H20N2S/c1-12-15-13-8-4-5-9-14(13)16(12)10-6-2-3-7-11-17/h4-5,8-9,17H,2-3,6-7,10-11H2,1H3. The Balaban J connectivity index is 2.00. The van der Waals surface area contributed by atoms with Gasteiger partial charge in [0.25, 0.3) is 0 Å². The number of para-hydroxylation sites is 2. The number of hydrogen-bond donors (Lipinski definition) is 1. The maximum Gasteiger partial charge on any atom is 0.106 e. The molecule has 0 spiro atoms. The van der Waals surface area contributed by atoms with Gasteiger partial charge in [0, 0.05) is 6.54 Å². The quantitative estimate of drug-likeness (QED) is 0.607. The van der Waals surface area contributed by atoms with E-state index in [9.17, 15) is 0 Å². The van der Waals surface area contributed by atoms with Crippen LogP contribution in [-0.2, 0) is 6.54 Å². The first kappa shape index (κ1) is 12.5. The second kappa shape index (κ2) is 6.10. The molecular weight excluding hydrogens is 228 g/mol. The molecule has 92 valence electrons. The Hall–Kier alpha value is -0.960. The highest BCUT2D eigenvalue weighted by Gasteiger charge is 2.05. The molecule has 0 atom stereocenters. The number of thiol groups is 1. The van der Waals surface area contributed by atoms with Crippen molar-refractivity contribution in [2.75, 3.05) is 5.75 Å². The Labute approximate surface area is 108 Å². The third kappa shape index (κ3) is 3.03. The van der Waals surface area contributed by atoms with E-state index >= 15 is 0 Å². The number of unbranched alkanes of at least 4 members (excludes halogenated alkanes) is 3. The fourth-order valence-electron chi connectivity index (χ4n) is 2.21. The van der Waals surface area contributed by atoms with Gasteiger partial charge in [0.05, 0.1) is 11.0 Å². The van der Waals surface area contributed by atoms with E-state index in [1.165, 1.54) is 31.2 Å². The summed E-state index contributed by atoms with van der Waals surface area (Å²) in [6, 6.07) is 8.37. The molecule has 0 N–H and O–H groups in total. The summed E-state index contributed by atoms with van der Waals surface area (Å²) in [4.78, 5) is 4.58. The van der Waals surface area contributed by atoms with Crippen LogP contribution in [-0.4, -0.2) is 15.3 Å². The number of imidazole rings is 1. The summed E-state index contributed by atoms with van der Waals surface area (Å²) >= 11 is 4.23. The normalized spacial score (nSPS) is 11.2. The molecule has 0 amide bonds. The molecule has 2 aromatic rings. The van der Waals surface area contributed by atoms with Gasteiger partial charge in [-0.1, -0.05) is 25.0 Å². The number of hydrogen-bond acceptors (Lipinski definition) is 2. The lowest BCUT2D eigenvalue weighted by Gasteiger charge is -2.06. The molecule has 2 nitrogen and oxygen atoms in total. The Morgan fingerprint density at radius 2 is 1.88 bits per heavy atom. The molecule has 1 heterocycles. The van der Waals surface area contributed by atoms with E-state index in [-0.39, 0.29) is 0 Å². The van der Waals surface area contributed by atoms with E-state index in [0.717, 1.165) is 23.6 Å². The Bertz CT molecular complexity index is 476. The zero-order valence-electron chi connectivity index (χ0n) is 10.4. The lowest BCUT2D eigenvalue weighted by atomic mass is 10.2. The highest BCUT2D eigenvalue weighted by molar-refractivity contribution is 7.80. The first-order valence-electron chi connectivity index (χ1n) is 6.35. The molecule has 1 aromatic heterocycles.